The van der Waals surface area contributed by atoms with Gasteiger partial charge in [-0.3, -0.25) is 9.69 Å². The number of piperidine rings is 1. The van der Waals surface area contributed by atoms with Crippen molar-refractivity contribution in [1.82, 2.24) is 14.2 Å². The minimum Gasteiger partial charge on any atom is -0.308 e. The Kier molecular flexibility index (Phi) is 7.61. The van der Waals surface area contributed by atoms with E-state index in [4.69, 9.17) is 4.98 Å². The predicted octanol–water partition coefficient (Wildman–Crippen LogP) is 4.68. The van der Waals surface area contributed by atoms with Crippen LogP contribution < -0.4 is 4.90 Å². The molecule has 35 heavy (non-hydrogen) atoms. The van der Waals surface area contributed by atoms with Crippen LogP contribution in [-0.4, -0.2) is 68.3 Å². The van der Waals surface area contributed by atoms with E-state index >= 15 is 0 Å². The van der Waals surface area contributed by atoms with E-state index in [2.05, 4.69) is 19.1 Å². The lowest BCUT2D eigenvalue weighted by molar-refractivity contribution is 0.0985. The van der Waals surface area contributed by atoms with Crippen molar-refractivity contribution in [1.29, 1.82) is 0 Å². The second-order valence-corrected chi connectivity index (χ2v) is 12.6. The van der Waals surface area contributed by atoms with Crippen LogP contribution in [0.2, 0.25) is 0 Å². The highest BCUT2D eigenvalue weighted by molar-refractivity contribution is 7.89. The number of likely N-dealkylation sites (N-methyl/N-ethyl adjacent to an activating group) is 1. The summed E-state index contributed by atoms with van der Waals surface area (Å²) in [7, 11) is 0.354. The Labute approximate surface area is 212 Å². The van der Waals surface area contributed by atoms with Crippen LogP contribution in [0.4, 0.5) is 5.13 Å². The molecule has 1 saturated heterocycles. The van der Waals surface area contributed by atoms with E-state index in [1.165, 1.54) is 11.3 Å². The molecule has 1 aliphatic heterocycles. The van der Waals surface area contributed by atoms with Crippen LogP contribution in [0.25, 0.3) is 10.2 Å². The van der Waals surface area contributed by atoms with E-state index in [1.807, 2.05) is 32.8 Å². The smallest absolute Gasteiger partial charge is 0.260 e. The predicted molar refractivity (Wildman–Crippen MR) is 143 cm³/mol. The normalized spacial score (nSPS) is 17.3. The lowest BCUT2D eigenvalue weighted by Crippen LogP contribution is -2.41. The average molecular weight is 515 g/mol. The van der Waals surface area contributed by atoms with E-state index in [-0.39, 0.29) is 16.8 Å². The van der Waals surface area contributed by atoms with Crippen molar-refractivity contribution in [3.05, 3.63) is 53.1 Å². The summed E-state index contributed by atoms with van der Waals surface area (Å²) in [6.45, 7) is 7.75. The van der Waals surface area contributed by atoms with Crippen LogP contribution in [0.1, 0.15) is 47.7 Å². The molecule has 1 unspecified atom stereocenters. The van der Waals surface area contributed by atoms with Crippen LogP contribution in [-0.2, 0) is 10.0 Å². The second-order valence-electron chi connectivity index (χ2n) is 9.67. The fourth-order valence-electron chi connectivity index (χ4n) is 4.55. The van der Waals surface area contributed by atoms with Crippen molar-refractivity contribution in [2.75, 3.05) is 38.6 Å². The number of sulfonamides is 1. The quantitative estimate of drug-likeness (QED) is 0.458. The molecular weight excluding hydrogens is 480 g/mol. The van der Waals surface area contributed by atoms with Crippen molar-refractivity contribution in [2.45, 2.75) is 51.0 Å². The number of amides is 1. The first-order valence-electron chi connectivity index (χ1n) is 12.0. The molecule has 1 atom stereocenters. The summed E-state index contributed by atoms with van der Waals surface area (Å²) in [4.78, 5) is 22.4. The van der Waals surface area contributed by atoms with Gasteiger partial charge in [-0.2, -0.15) is 4.31 Å². The maximum Gasteiger partial charge on any atom is 0.260 e. The number of nitrogens with zero attached hydrogens (tertiary/aromatic N) is 4. The Morgan fingerprint density at radius 2 is 1.83 bits per heavy atom. The molecule has 4 rings (SSSR count). The van der Waals surface area contributed by atoms with Gasteiger partial charge in [-0.05, 0) is 89.2 Å². The summed E-state index contributed by atoms with van der Waals surface area (Å²) in [5, 5.41) is 0.652. The van der Waals surface area contributed by atoms with Crippen molar-refractivity contribution in [3.63, 3.8) is 0 Å². The topological polar surface area (TPSA) is 73.8 Å². The molecule has 0 radical (unpaired) electrons. The molecule has 1 aromatic heterocycles. The largest absolute Gasteiger partial charge is 0.308 e. The van der Waals surface area contributed by atoms with Crippen molar-refractivity contribution in [2.24, 2.45) is 0 Å². The summed E-state index contributed by atoms with van der Waals surface area (Å²) in [5.41, 5.74) is 3.61. The van der Waals surface area contributed by atoms with Crippen LogP contribution in [0.15, 0.2) is 41.3 Å². The highest BCUT2D eigenvalue weighted by Crippen LogP contribution is 2.33. The molecule has 7 nitrogen and oxygen atoms in total. The van der Waals surface area contributed by atoms with Gasteiger partial charge in [0.15, 0.2) is 5.13 Å². The Hall–Kier alpha value is -2.33. The number of fused-ring (bicyclic) bond motifs is 1. The first-order chi connectivity index (χ1) is 16.6. The molecule has 0 aliphatic carbocycles. The maximum atomic E-state index is 13.6. The first kappa shape index (κ1) is 25.8. The lowest BCUT2D eigenvalue weighted by Gasteiger charge is -2.32. The summed E-state index contributed by atoms with van der Waals surface area (Å²) in [6.07, 6.45) is 2.80. The van der Waals surface area contributed by atoms with Gasteiger partial charge < -0.3 is 4.90 Å². The highest BCUT2D eigenvalue weighted by Gasteiger charge is 2.31. The maximum absolute atomic E-state index is 13.6. The fraction of sp³-hybridized carbons (Fsp3) is 0.462. The number of anilines is 1. The summed E-state index contributed by atoms with van der Waals surface area (Å²) >= 11 is 1.51. The molecular formula is C26H34N4O3S2. The van der Waals surface area contributed by atoms with Crippen LogP contribution >= 0.6 is 11.3 Å². The third kappa shape index (κ3) is 5.43. The monoisotopic (exact) mass is 514 g/mol. The molecule has 3 aromatic rings. The van der Waals surface area contributed by atoms with Crippen molar-refractivity contribution >= 4 is 42.6 Å². The Morgan fingerprint density at radius 3 is 2.49 bits per heavy atom. The highest BCUT2D eigenvalue weighted by atomic mass is 32.2. The summed E-state index contributed by atoms with van der Waals surface area (Å²) < 4.78 is 29.0. The van der Waals surface area contributed by atoms with Gasteiger partial charge in [-0.25, -0.2) is 13.4 Å². The fourth-order valence-corrected chi connectivity index (χ4v) is 7.41. The molecule has 0 spiro atoms. The molecule has 188 valence electrons. The molecule has 0 N–H and O–H groups in total. The van der Waals surface area contributed by atoms with Crippen molar-refractivity contribution < 1.29 is 13.2 Å². The molecule has 2 heterocycles. The molecule has 9 heteroatoms. The Morgan fingerprint density at radius 1 is 1.11 bits per heavy atom. The molecule has 0 bridgehead atoms. The van der Waals surface area contributed by atoms with E-state index in [0.717, 1.165) is 40.6 Å². The average Bonchev–Trinajstić information content (AvgIpc) is 3.23. The number of aromatic nitrogens is 1. The van der Waals surface area contributed by atoms with Gasteiger partial charge in [0.2, 0.25) is 10.0 Å². The van der Waals surface area contributed by atoms with E-state index < -0.39 is 10.0 Å². The van der Waals surface area contributed by atoms with Gasteiger partial charge in [-0.15, -0.1) is 0 Å². The summed E-state index contributed by atoms with van der Waals surface area (Å²) in [6, 6.07) is 10.5. The molecule has 1 aliphatic rings. The summed E-state index contributed by atoms with van der Waals surface area (Å²) in [5.74, 6) is -0.185. The van der Waals surface area contributed by atoms with Gasteiger partial charge >= 0.3 is 0 Å². The minimum absolute atomic E-state index is 0.0114. The number of carbonyl (C=O) groups excluding carboxylic acids is 1. The number of carbonyl (C=O) groups is 1. The zero-order valence-electron chi connectivity index (χ0n) is 21.1. The molecule has 2 aromatic carbocycles. The standard InChI is InChI=1S/C26H34N4O3S2/c1-18-16-19(2)24-23(17-18)34-26(27-24)29(15-14-28(4)5)25(31)21-9-11-22(12-10-21)35(32,33)30-13-7-6-8-20(30)3/h9-12,16-17,20H,6-8,13-15H2,1-5H3. The Bertz CT molecular complexity index is 1320. The number of rotatable bonds is 7. The Balaban J connectivity index is 1.64. The third-order valence-electron chi connectivity index (χ3n) is 6.52. The van der Waals surface area contributed by atoms with Gasteiger partial charge in [0.05, 0.1) is 15.1 Å². The van der Waals surface area contributed by atoms with E-state index in [9.17, 15) is 13.2 Å². The van der Waals surface area contributed by atoms with Crippen LogP contribution in [0.3, 0.4) is 0 Å². The van der Waals surface area contributed by atoms with E-state index in [1.54, 1.807) is 33.5 Å². The SMILES string of the molecule is Cc1cc(C)c2nc(N(CCN(C)C)C(=O)c3ccc(S(=O)(=O)N4CCCCC4C)cc3)sc2c1. The zero-order valence-corrected chi connectivity index (χ0v) is 22.7. The number of hydrogen-bond acceptors (Lipinski definition) is 6. The van der Waals surface area contributed by atoms with Gasteiger partial charge in [0.25, 0.3) is 5.91 Å². The van der Waals surface area contributed by atoms with Gasteiger partial charge in [0, 0.05) is 31.2 Å². The third-order valence-corrected chi connectivity index (χ3v) is 9.57. The zero-order chi connectivity index (χ0) is 25.3. The molecule has 1 fully saturated rings. The van der Waals surface area contributed by atoms with Gasteiger partial charge in [-0.1, -0.05) is 23.8 Å². The second kappa shape index (κ2) is 10.3. The number of benzene rings is 2. The van der Waals surface area contributed by atoms with Crippen LogP contribution in [0.5, 0.6) is 0 Å². The number of thiazole rings is 1. The first-order valence-corrected chi connectivity index (χ1v) is 14.3. The number of hydrogen-bond donors (Lipinski definition) is 0. The van der Waals surface area contributed by atoms with Gasteiger partial charge in [0.1, 0.15) is 0 Å². The minimum atomic E-state index is -3.58. The van der Waals surface area contributed by atoms with Crippen LogP contribution in [0, 0.1) is 13.8 Å². The lowest BCUT2D eigenvalue weighted by atomic mass is 10.1. The van der Waals surface area contributed by atoms with Crippen molar-refractivity contribution in [3.8, 4) is 0 Å². The van der Waals surface area contributed by atoms with E-state index in [0.29, 0.717) is 30.3 Å². The number of aryl methyl sites for hydroxylation is 2. The molecule has 0 saturated carbocycles. The molecule has 1 amide bonds.